The normalized spacial score (nSPS) is 11.4. The summed E-state index contributed by atoms with van der Waals surface area (Å²) >= 11 is 6.41. The van der Waals surface area contributed by atoms with Crippen LogP contribution in [0, 0.1) is 5.82 Å². The largest absolute Gasteiger partial charge is 0.505 e. The molecule has 3 N–H and O–H groups in total. The molecule has 0 spiro atoms. The fourth-order valence-electron chi connectivity index (χ4n) is 4.50. The summed E-state index contributed by atoms with van der Waals surface area (Å²) in [6.07, 6.45) is 1.32. The van der Waals surface area contributed by atoms with Crippen LogP contribution in [0.1, 0.15) is 5.69 Å². The molecule has 0 radical (unpaired) electrons. The van der Waals surface area contributed by atoms with E-state index >= 15 is 0 Å². The number of para-hydroxylation sites is 1. The van der Waals surface area contributed by atoms with Crippen LogP contribution in [0.5, 0.6) is 5.75 Å². The lowest BCUT2D eigenvalue weighted by Gasteiger charge is -2.15. The monoisotopic (exact) mass is 512 g/mol. The molecule has 6 rings (SSSR count). The Morgan fingerprint density at radius 2 is 1.78 bits per heavy atom. The zero-order chi connectivity index (χ0) is 25.7. The first-order chi connectivity index (χ1) is 17.9. The Morgan fingerprint density at radius 1 is 0.973 bits per heavy atom. The van der Waals surface area contributed by atoms with E-state index in [1.54, 1.807) is 21.4 Å². The number of aromatic hydroxyl groups is 1. The molecule has 6 aromatic rings. The van der Waals surface area contributed by atoms with Crippen LogP contribution in [0.4, 0.5) is 10.2 Å². The van der Waals surface area contributed by atoms with Crippen molar-refractivity contribution in [2.24, 2.45) is 0 Å². The number of hydrogen-bond donors (Lipinski definition) is 2. The minimum absolute atomic E-state index is 0.139. The zero-order valence-electron chi connectivity index (χ0n) is 19.1. The predicted octanol–water partition coefficient (Wildman–Crippen LogP) is 4.93. The number of hydrogen-bond acceptors (Lipinski definition) is 6. The van der Waals surface area contributed by atoms with Gasteiger partial charge in [-0.2, -0.15) is 5.10 Å². The van der Waals surface area contributed by atoms with Crippen molar-refractivity contribution in [3.05, 3.63) is 106 Å². The molecule has 0 atom stereocenters. The van der Waals surface area contributed by atoms with E-state index in [9.17, 15) is 14.3 Å². The van der Waals surface area contributed by atoms with Crippen molar-refractivity contribution in [1.82, 2.24) is 24.3 Å². The van der Waals surface area contributed by atoms with Gasteiger partial charge in [-0.05, 0) is 47.9 Å². The number of nitrogens with zero attached hydrogens (tertiary/aromatic N) is 5. The Labute approximate surface area is 214 Å². The summed E-state index contributed by atoms with van der Waals surface area (Å²) in [6.45, 7) is 0.139. The molecular formula is C27H18ClFN6O2. The second-order valence-corrected chi connectivity index (χ2v) is 8.85. The second kappa shape index (κ2) is 8.72. The third-order valence-corrected chi connectivity index (χ3v) is 6.49. The summed E-state index contributed by atoms with van der Waals surface area (Å²) in [4.78, 5) is 22.2. The highest BCUT2D eigenvalue weighted by molar-refractivity contribution is 6.35. The third kappa shape index (κ3) is 3.76. The minimum atomic E-state index is -0.792. The van der Waals surface area contributed by atoms with Gasteiger partial charge in [-0.25, -0.2) is 19.0 Å². The average molecular weight is 513 g/mol. The fraction of sp³-hybridized carbons (Fsp3) is 0.0370. The number of aromatic nitrogens is 5. The summed E-state index contributed by atoms with van der Waals surface area (Å²) in [6, 6.07) is 20.4. The minimum Gasteiger partial charge on any atom is -0.505 e. The van der Waals surface area contributed by atoms with Gasteiger partial charge in [-0.15, -0.1) is 0 Å². The van der Waals surface area contributed by atoms with Gasteiger partial charge in [0.25, 0.3) is 5.56 Å². The first-order valence-corrected chi connectivity index (χ1v) is 11.6. The second-order valence-electron chi connectivity index (χ2n) is 8.45. The van der Waals surface area contributed by atoms with Crippen molar-refractivity contribution in [3.8, 4) is 22.7 Å². The lowest BCUT2D eigenvalue weighted by atomic mass is 10.1. The van der Waals surface area contributed by atoms with Crippen molar-refractivity contribution < 1.29 is 9.50 Å². The Kier molecular flexibility index (Phi) is 5.35. The number of nitrogen functional groups attached to an aromatic ring is 1. The van der Waals surface area contributed by atoms with Crippen molar-refractivity contribution >= 4 is 39.2 Å². The summed E-state index contributed by atoms with van der Waals surface area (Å²) < 4.78 is 17.4. The van der Waals surface area contributed by atoms with Crippen LogP contribution < -0.4 is 11.3 Å². The number of halogens is 2. The molecule has 0 aliphatic heterocycles. The molecular weight excluding hydrogens is 495 g/mol. The van der Waals surface area contributed by atoms with Crippen LogP contribution in [0.15, 0.2) is 83.9 Å². The number of anilines is 1. The lowest BCUT2D eigenvalue weighted by molar-refractivity contribution is 0.432. The van der Waals surface area contributed by atoms with Gasteiger partial charge in [0.15, 0.2) is 17.2 Å². The Balaban J connectivity index is 1.61. The number of nitrogens with two attached hydrogens (primary N) is 1. The SMILES string of the molecule is Nc1ncnc2c1c(-c1ccc(O)c(F)c1)nn2Cc1cc2cccc(Cl)c2c(=O)n1-c1ccccc1. The quantitative estimate of drug-likeness (QED) is 0.346. The number of rotatable bonds is 4. The lowest BCUT2D eigenvalue weighted by Crippen LogP contribution is -2.24. The Bertz CT molecular complexity index is 1880. The molecule has 0 unspecified atom stereocenters. The van der Waals surface area contributed by atoms with Gasteiger partial charge in [0.1, 0.15) is 17.8 Å². The summed E-state index contributed by atoms with van der Waals surface area (Å²) in [5.74, 6) is -1.09. The zero-order valence-corrected chi connectivity index (χ0v) is 19.9. The highest BCUT2D eigenvalue weighted by atomic mass is 35.5. The van der Waals surface area contributed by atoms with E-state index in [2.05, 4.69) is 9.97 Å². The maximum atomic E-state index is 14.2. The number of pyridine rings is 1. The van der Waals surface area contributed by atoms with Crippen molar-refractivity contribution in [3.63, 3.8) is 0 Å². The maximum absolute atomic E-state index is 14.2. The molecule has 0 saturated carbocycles. The molecule has 3 heterocycles. The molecule has 0 aliphatic rings. The van der Waals surface area contributed by atoms with Crippen LogP contribution in [-0.4, -0.2) is 29.4 Å². The molecule has 0 saturated heterocycles. The smallest absolute Gasteiger partial charge is 0.264 e. The molecule has 0 amide bonds. The fourth-order valence-corrected chi connectivity index (χ4v) is 4.76. The summed E-state index contributed by atoms with van der Waals surface area (Å²) in [5, 5.41) is 16.2. The average Bonchev–Trinajstić information content (AvgIpc) is 3.26. The number of fused-ring (bicyclic) bond motifs is 2. The highest BCUT2D eigenvalue weighted by Gasteiger charge is 2.20. The van der Waals surface area contributed by atoms with Crippen LogP contribution >= 0.6 is 11.6 Å². The molecule has 3 aromatic carbocycles. The van der Waals surface area contributed by atoms with Crippen LogP contribution in [0.2, 0.25) is 5.02 Å². The van der Waals surface area contributed by atoms with E-state index in [4.69, 9.17) is 22.4 Å². The standard InChI is InChI=1S/C27H18ClFN6O2/c28-19-8-4-5-15-11-18(35(27(37)22(15)19)17-6-2-1-3-7-17)13-34-26-23(25(30)31-14-32-26)24(33-34)16-9-10-21(36)20(29)12-16/h1-12,14,36H,13H2,(H2,30,31,32). The Morgan fingerprint density at radius 3 is 2.57 bits per heavy atom. The van der Waals surface area contributed by atoms with Gasteiger partial charge in [0.05, 0.1) is 22.3 Å². The predicted molar refractivity (Wildman–Crippen MR) is 140 cm³/mol. The van der Waals surface area contributed by atoms with E-state index in [1.165, 1.54) is 24.5 Å². The molecule has 8 nitrogen and oxygen atoms in total. The van der Waals surface area contributed by atoms with Gasteiger partial charge in [-0.3, -0.25) is 9.36 Å². The maximum Gasteiger partial charge on any atom is 0.264 e. The number of phenols is 1. The van der Waals surface area contributed by atoms with Gasteiger partial charge in [-0.1, -0.05) is 41.9 Å². The van der Waals surface area contributed by atoms with E-state index < -0.39 is 11.6 Å². The number of phenolic OH excluding ortho intramolecular Hbond substituents is 1. The van der Waals surface area contributed by atoms with E-state index in [0.717, 1.165) is 0 Å². The highest BCUT2D eigenvalue weighted by Crippen LogP contribution is 2.33. The Hall–Kier alpha value is -4.76. The van der Waals surface area contributed by atoms with Crippen molar-refractivity contribution in [2.45, 2.75) is 6.54 Å². The van der Waals surface area contributed by atoms with Crippen molar-refractivity contribution in [1.29, 1.82) is 0 Å². The van der Waals surface area contributed by atoms with Crippen LogP contribution in [-0.2, 0) is 6.54 Å². The molecule has 10 heteroatoms. The third-order valence-electron chi connectivity index (χ3n) is 6.18. The number of benzene rings is 3. The first kappa shape index (κ1) is 22.7. The van der Waals surface area contributed by atoms with Gasteiger partial charge >= 0.3 is 0 Å². The summed E-state index contributed by atoms with van der Waals surface area (Å²) in [5.41, 5.74) is 8.36. The van der Waals surface area contributed by atoms with Gasteiger partial charge in [0, 0.05) is 16.9 Å². The van der Waals surface area contributed by atoms with Gasteiger partial charge < -0.3 is 10.8 Å². The molecule has 0 bridgehead atoms. The van der Waals surface area contributed by atoms with E-state index in [0.29, 0.717) is 49.5 Å². The molecule has 182 valence electrons. The molecule has 37 heavy (non-hydrogen) atoms. The summed E-state index contributed by atoms with van der Waals surface area (Å²) in [7, 11) is 0. The molecule has 0 fully saturated rings. The van der Waals surface area contributed by atoms with E-state index in [1.807, 2.05) is 42.5 Å². The molecule has 0 aliphatic carbocycles. The first-order valence-electron chi connectivity index (χ1n) is 11.3. The van der Waals surface area contributed by atoms with Crippen LogP contribution in [0.25, 0.3) is 38.8 Å². The topological polar surface area (TPSA) is 112 Å². The van der Waals surface area contributed by atoms with Gasteiger partial charge in [0.2, 0.25) is 0 Å². The van der Waals surface area contributed by atoms with Crippen LogP contribution in [0.3, 0.4) is 0 Å². The molecule has 3 aromatic heterocycles. The van der Waals surface area contributed by atoms with Crippen molar-refractivity contribution in [2.75, 3.05) is 5.73 Å². The van der Waals surface area contributed by atoms with E-state index in [-0.39, 0.29) is 17.9 Å².